The van der Waals surface area contributed by atoms with Gasteiger partial charge < -0.3 is 5.11 Å². The molecule has 0 saturated heterocycles. The maximum Gasteiger partial charge on any atom is 0.0596 e. The molecule has 0 radical (unpaired) electrons. The topological polar surface area (TPSA) is 20.2 Å². The molecular weight excluding hydrogens is 244 g/mol. The number of fused-ring (bicyclic) bond motifs is 5. The van der Waals surface area contributed by atoms with Crippen molar-refractivity contribution in [2.45, 2.75) is 71.3 Å². The average Bonchev–Trinajstić information content (AvgIpc) is 2.74. The maximum atomic E-state index is 10.5. The number of rotatable bonds is 0. The zero-order valence-corrected chi connectivity index (χ0v) is 13.1. The number of allylic oxidation sites excluding steroid dienone is 2. The van der Waals surface area contributed by atoms with Crippen molar-refractivity contribution < 1.29 is 5.11 Å². The second-order valence-corrected chi connectivity index (χ2v) is 8.67. The molecule has 3 saturated carbocycles. The van der Waals surface area contributed by atoms with Crippen molar-refractivity contribution in [2.24, 2.45) is 34.5 Å². The Labute approximate surface area is 123 Å². The lowest BCUT2D eigenvalue weighted by Crippen LogP contribution is -2.52. The Morgan fingerprint density at radius 3 is 2.55 bits per heavy atom. The molecule has 0 amide bonds. The first-order chi connectivity index (χ1) is 9.56. The van der Waals surface area contributed by atoms with Gasteiger partial charge in [0.2, 0.25) is 0 Å². The minimum Gasteiger partial charge on any atom is -0.393 e. The van der Waals surface area contributed by atoms with Gasteiger partial charge in [-0.15, -0.1) is 0 Å². The summed E-state index contributed by atoms with van der Waals surface area (Å²) in [6.45, 7) is 4.98. The van der Waals surface area contributed by atoms with Crippen LogP contribution in [0, 0.1) is 34.5 Å². The highest BCUT2D eigenvalue weighted by Gasteiger charge is 2.59. The van der Waals surface area contributed by atoms with Crippen LogP contribution in [0.2, 0.25) is 0 Å². The third kappa shape index (κ3) is 1.59. The number of aliphatic hydroxyl groups is 1. The summed E-state index contributed by atoms with van der Waals surface area (Å²) >= 11 is 0. The first kappa shape index (κ1) is 13.4. The summed E-state index contributed by atoms with van der Waals surface area (Å²) in [4.78, 5) is 0. The summed E-state index contributed by atoms with van der Waals surface area (Å²) in [6, 6.07) is 0. The van der Waals surface area contributed by atoms with Gasteiger partial charge >= 0.3 is 0 Å². The van der Waals surface area contributed by atoms with Gasteiger partial charge in [0.05, 0.1) is 6.10 Å². The molecule has 4 rings (SSSR count). The van der Waals surface area contributed by atoms with E-state index >= 15 is 0 Å². The second-order valence-electron chi connectivity index (χ2n) is 8.67. The summed E-state index contributed by atoms with van der Waals surface area (Å²) in [5, 5.41) is 10.5. The Balaban J connectivity index is 1.67. The van der Waals surface area contributed by atoms with Crippen LogP contribution in [0.5, 0.6) is 0 Å². The summed E-state index contributed by atoms with van der Waals surface area (Å²) in [5.74, 6) is 3.47. The van der Waals surface area contributed by atoms with Crippen molar-refractivity contribution in [1.29, 1.82) is 0 Å². The van der Waals surface area contributed by atoms with Crippen LogP contribution >= 0.6 is 0 Å². The molecule has 7 atom stereocenters. The van der Waals surface area contributed by atoms with Gasteiger partial charge in [-0.25, -0.2) is 0 Å². The molecule has 20 heavy (non-hydrogen) atoms. The van der Waals surface area contributed by atoms with E-state index in [1.165, 1.54) is 44.9 Å². The van der Waals surface area contributed by atoms with Gasteiger partial charge in [0.25, 0.3) is 0 Å². The molecule has 4 aliphatic rings. The average molecular weight is 274 g/mol. The van der Waals surface area contributed by atoms with Crippen LogP contribution in [0.1, 0.15) is 65.2 Å². The molecule has 0 aromatic carbocycles. The fourth-order valence-corrected chi connectivity index (χ4v) is 6.80. The third-order valence-corrected chi connectivity index (χ3v) is 8.11. The van der Waals surface area contributed by atoms with Gasteiger partial charge in [-0.1, -0.05) is 26.0 Å². The Morgan fingerprint density at radius 1 is 0.900 bits per heavy atom. The van der Waals surface area contributed by atoms with Crippen LogP contribution in [0.25, 0.3) is 0 Å². The monoisotopic (exact) mass is 274 g/mol. The highest BCUT2D eigenvalue weighted by atomic mass is 16.3. The number of aliphatic hydroxyl groups excluding tert-OH is 1. The zero-order chi connectivity index (χ0) is 14.0. The van der Waals surface area contributed by atoms with E-state index in [9.17, 15) is 5.11 Å². The first-order valence-corrected chi connectivity index (χ1v) is 8.90. The molecule has 112 valence electrons. The van der Waals surface area contributed by atoms with Crippen molar-refractivity contribution in [3.8, 4) is 0 Å². The molecule has 0 spiro atoms. The normalized spacial score (nSPS) is 57.9. The van der Waals surface area contributed by atoms with Gasteiger partial charge in [0, 0.05) is 0 Å². The number of hydrogen-bond donors (Lipinski definition) is 1. The highest BCUT2D eigenvalue weighted by Crippen LogP contribution is 2.65. The van der Waals surface area contributed by atoms with Crippen LogP contribution in [0.4, 0.5) is 0 Å². The van der Waals surface area contributed by atoms with Gasteiger partial charge in [0.15, 0.2) is 0 Å². The van der Waals surface area contributed by atoms with Crippen molar-refractivity contribution in [2.75, 3.05) is 0 Å². The van der Waals surface area contributed by atoms with E-state index in [4.69, 9.17) is 0 Å². The predicted octanol–water partition coefficient (Wildman–Crippen LogP) is 4.56. The fraction of sp³-hybridized carbons (Fsp3) is 0.895. The predicted molar refractivity (Wildman–Crippen MR) is 82.3 cm³/mol. The van der Waals surface area contributed by atoms with E-state index in [2.05, 4.69) is 26.0 Å². The fourth-order valence-electron chi connectivity index (χ4n) is 6.80. The summed E-state index contributed by atoms with van der Waals surface area (Å²) in [7, 11) is 0. The van der Waals surface area contributed by atoms with Gasteiger partial charge in [-0.3, -0.25) is 0 Å². The van der Waals surface area contributed by atoms with Crippen LogP contribution in [-0.4, -0.2) is 11.2 Å². The van der Waals surface area contributed by atoms with Crippen LogP contribution < -0.4 is 0 Å². The lowest BCUT2D eigenvalue weighted by Gasteiger charge is -2.59. The largest absolute Gasteiger partial charge is 0.393 e. The summed E-state index contributed by atoms with van der Waals surface area (Å²) in [5.41, 5.74) is 0.807. The molecule has 0 aliphatic heterocycles. The molecule has 4 aliphatic carbocycles. The van der Waals surface area contributed by atoms with E-state index in [0.29, 0.717) is 5.41 Å². The minimum absolute atomic E-state index is 0.0229. The van der Waals surface area contributed by atoms with E-state index in [0.717, 1.165) is 30.1 Å². The summed E-state index contributed by atoms with van der Waals surface area (Å²) < 4.78 is 0. The molecule has 0 unspecified atom stereocenters. The van der Waals surface area contributed by atoms with Gasteiger partial charge in [-0.05, 0) is 85.9 Å². The quantitative estimate of drug-likeness (QED) is 0.642. The van der Waals surface area contributed by atoms with Crippen molar-refractivity contribution in [3.63, 3.8) is 0 Å². The van der Waals surface area contributed by atoms with Crippen LogP contribution in [-0.2, 0) is 0 Å². The van der Waals surface area contributed by atoms with Crippen molar-refractivity contribution >= 4 is 0 Å². The molecule has 0 aromatic rings. The van der Waals surface area contributed by atoms with E-state index < -0.39 is 0 Å². The summed E-state index contributed by atoms with van der Waals surface area (Å²) in [6.07, 6.45) is 15.4. The lowest BCUT2D eigenvalue weighted by atomic mass is 9.46. The second kappa shape index (κ2) is 4.35. The lowest BCUT2D eigenvalue weighted by molar-refractivity contribution is -0.104. The van der Waals surface area contributed by atoms with E-state index in [1.807, 2.05) is 0 Å². The van der Waals surface area contributed by atoms with Crippen molar-refractivity contribution in [3.05, 3.63) is 12.2 Å². The van der Waals surface area contributed by atoms with Crippen molar-refractivity contribution in [1.82, 2.24) is 0 Å². The molecule has 0 aromatic heterocycles. The molecule has 0 heterocycles. The highest BCUT2D eigenvalue weighted by molar-refractivity contribution is 5.13. The molecule has 1 nitrogen and oxygen atoms in total. The molecule has 0 bridgehead atoms. The molecule has 1 N–H and O–H groups in total. The Morgan fingerprint density at radius 2 is 1.70 bits per heavy atom. The standard InChI is InChI=1S/C19H30O/c1-18-11-4-3-5-13(18)6-7-14-15-8-9-17(20)19(15,2)12-10-16(14)18/h3,5,13-17,20H,4,6-12H2,1-2H3/t13-,14-,15-,16-,17-,18-,19-/m0/s1. The SMILES string of the molecule is C[C@]12CCC=C[C@H]1CC[C@@H]1[C@@H]2CC[C@]2(C)[C@@H](O)CC[C@@H]12. The Hall–Kier alpha value is -0.300. The maximum absolute atomic E-state index is 10.5. The van der Waals surface area contributed by atoms with E-state index in [1.54, 1.807) is 0 Å². The molecular formula is C19H30O. The number of hydrogen-bond acceptors (Lipinski definition) is 1. The Bertz CT molecular complexity index is 427. The zero-order valence-electron chi connectivity index (χ0n) is 13.1. The van der Waals surface area contributed by atoms with Gasteiger partial charge in [-0.2, -0.15) is 0 Å². The minimum atomic E-state index is -0.0229. The van der Waals surface area contributed by atoms with Gasteiger partial charge in [0.1, 0.15) is 0 Å². The van der Waals surface area contributed by atoms with Crippen LogP contribution in [0.15, 0.2) is 12.2 Å². The molecule has 1 heteroatoms. The smallest absolute Gasteiger partial charge is 0.0596 e. The Kier molecular flexibility index (Phi) is 2.91. The van der Waals surface area contributed by atoms with Crippen LogP contribution in [0.3, 0.4) is 0 Å². The molecule has 3 fully saturated rings. The first-order valence-electron chi connectivity index (χ1n) is 8.90. The van der Waals surface area contributed by atoms with E-state index in [-0.39, 0.29) is 11.5 Å². The third-order valence-electron chi connectivity index (χ3n) is 8.11.